The molecule has 20 heavy (non-hydrogen) atoms. The van der Waals surface area contributed by atoms with Crippen molar-refractivity contribution in [2.45, 2.75) is 0 Å². The van der Waals surface area contributed by atoms with Crippen molar-refractivity contribution in [1.82, 2.24) is 5.32 Å². The highest BCUT2D eigenvalue weighted by Gasteiger charge is 2.05. The van der Waals surface area contributed by atoms with Crippen LogP contribution in [-0.2, 0) is 9.53 Å². The van der Waals surface area contributed by atoms with Crippen LogP contribution in [0.2, 0.25) is 0 Å². The first-order valence-electron chi connectivity index (χ1n) is 6.06. The largest absolute Gasteiger partial charge is 0.370 e. The van der Waals surface area contributed by atoms with Crippen LogP contribution in [0.5, 0.6) is 0 Å². The maximum Gasteiger partial charge on any atom is 0.251 e. The van der Waals surface area contributed by atoms with Gasteiger partial charge in [-0.05, 0) is 18.2 Å². The number of carbonyl (C=O) groups excluding carboxylic acids is 2. The molecule has 5 N–H and O–H groups in total. The van der Waals surface area contributed by atoms with Gasteiger partial charge in [-0.15, -0.1) is 0 Å². The number of nitrogens with two attached hydrogens (primary N) is 2. The lowest BCUT2D eigenvalue weighted by molar-refractivity contribution is -0.122. The van der Waals surface area contributed by atoms with Gasteiger partial charge in [0.2, 0.25) is 5.91 Å². The molecule has 1 aromatic carbocycles. The zero-order valence-electron chi connectivity index (χ0n) is 11.0. The molecule has 1 rings (SSSR count). The standard InChI is InChI=1S/C14H17N3O3/c15-6-2-4-11-3-1-5-12(9-11)14(19)17-7-8-20-10-13(16)18/h1,3,5,9H,6-8,10,15H2,(H2,16,18)(H,17,19). The van der Waals surface area contributed by atoms with Crippen LogP contribution < -0.4 is 16.8 Å². The number of hydrogen-bond acceptors (Lipinski definition) is 4. The number of amides is 2. The van der Waals surface area contributed by atoms with Crippen molar-refractivity contribution in [3.63, 3.8) is 0 Å². The fraction of sp³-hybridized carbons (Fsp3) is 0.286. The Morgan fingerprint density at radius 3 is 2.85 bits per heavy atom. The summed E-state index contributed by atoms with van der Waals surface area (Å²) in [7, 11) is 0. The first-order valence-corrected chi connectivity index (χ1v) is 6.06. The lowest BCUT2D eigenvalue weighted by Gasteiger charge is -2.05. The highest BCUT2D eigenvalue weighted by molar-refractivity contribution is 5.94. The summed E-state index contributed by atoms with van der Waals surface area (Å²) in [6.07, 6.45) is 0. The van der Waals surface area contributed by atoms with Crippen LogP contribution in [0.25, 0.3) is 0 Å². The number of rotatable bonds is 6. The Morgan fingerprint density at radius 1 is 1.35 bits per heavy atom. The second-order valence-corrected chi connectivity index (χ2v) is 3.86. The van der Waals surface area contributed by atoms with Gasteiger partial charge in [0.05, 0.1) is 13.2 Å². The van der Waals surface area contributed by atoms with Crippen molar-refractivity contribution in [2.75, 3.05) is 26.3 Å². The molecule has 0 aromatic heterocycles. The molecule has 0 fully saturated rings. The predicted octanol–water partition coefficient (Wildman–Crippen LogP) is -0.771. The van der Waals surface area contributed by atoms with Crippen LogP contribution in [0, 0.1) is 11.8 Å². The topological polar surface area (TPSA) is 107 Å². The maximum atomic E-state index is 11.8. The van der Waals surface area contributed by atoms with E-state index < -0.39 is 5.91 Å². The minimum absolute atomic E-state index is 0.153. The number of primary amides is 1. The van der Waals surface area contributed by atoms with Gasteiger partial charge in [-0.2, -0.15) is 0 Å². The summed E-state index contributed by atoms with van der Waals surface area (Å²) < 4.78 is 4.93. The highest BCUT2D eigenvalue weighted by Crippen LogP contribution is 2.03. The number of hydrogen-bond donors (Lipinski definition) is 3. The average Bonchev–Trinajstić information content (AvgIpc) is 2.44. The van der Waals surface area contributed by atoms with Gasteiger partial charge >= 0.3 is 0 Å². The molecule has 1 aromatic rings. The molecule has 6 heteroatoms. The molecule has 0 aliphatic carbocycles. The summed E-state index contributed by atoms with van der Waals surface area (Å²) >= 11 is 0. The molecular weight excluding hydrogens is 258 g/mol. The summed E-state index contributed by atoms with van der Waals surface area (Å²) in [5, 5.41) is 2.67. The Labute approximate surface area is 117 Å². The fourth-order valence-corrected chi connectivity index (χ4v) is 1.40. The minimum Gasteiger partial charge on any atom is -0.370 e. The van der Waals surface area contributed by atoms with Crippen molar-refractivity contribution < 1.29 is 14.3 Å². The smallest absolute Gasteiger partial charge is 0.251 e. The summed E-state index contributed by atoms with van der Waals surface area (Å²) in [5.41, 5.74) is 11.4. The van der Waals surface area contributed by atoms with Crippen molar-refractivity contribution in [1.29, 1.82) is 0 Å². The molecule has 0 aliphatic heterocycles. The first-order chi connectivity index (χ1) is 9.63. The van der Waals surface area contributed by atoms with E-state index in [1.807, 2.05) is 0 Å². The van der Waals surface area contributed by atoms with Crippen molar-refractivity contribution in [3.05, 3.63) is 35.4 Å². The van der Waals surface area contributed by atoms with Crippen LogP contribution >= 0.6 is 0 Å². The van der Waals surface area contributed by atoms with E-state index in [0.29, 0.717) is 12.1 Å². The van der Waals surface area contributed by atoms with E-state index in [1.165, 1.54) is 0 Å². The quantitative estimate of drug-likeness (QED) is 0.468. The average molecular weight is 275 g/mol. The van der Waals surface area contributed by atoms with Gasteiger partial charge < -0.3 is 21.5 Å². The van der Waals surface area contributed by atoms with Gasteiger partial charge in [0, 0.05) is 17.7 Å². The Hall–Kier alpha value is -2.36. The molecule has 0 atom stereocenters. The third kappa shape index (κ3) is 6.00. The fourth-order valence-electron chi connectivity index (χ4n) is 1.40. The number of benzene rings is 1. The SMILES string of the molecule is NCC#Cc1cccc(C(=O)NCCOCC(N)=O)c1. The summed E-state index contributed by atoms with van der Waals surface area (Å²) in [6, 6.07) is 6.92. The molecule has 6 nitrogen and oxygen atoms in total. The molecule has 0 unspecified atom stereocenters. The monoisotopic (exact) mass is 275 g/mol. The maximum absolute atomic E-state index is 11.8. The van der Waals surface area contributed by atoms with Gasteiger partial charge in [0.25, 0.3) is 5.91 Å². The van der Waals surface area contributed by atoms with Gasteiger partial charge in [0.15, 0.2) is 0 Å². The molecule has 0 aliphatic rings. The second-order valence-electron chi connectivity index (χ2n) is 3.86. The third-order valence-electron chi connectivity index (χ3n) is 2.24. The summed E-state index contributed by atoms with van der Waals surface area (Å²) in [6.45, 7) is 0.639. The zero-order chi connectivity index (χ0) is 14.8. The van der Waals surface area contributed by atoms with Crippen LogP contribution in [0.3, 0.4) is 0 Å². The molecule has 0 heterocycles. The van der Waals surface area contributed by atoms with Crippen molar-refractivity contribution in [2.24, 2.45) is 11.5 Å². The molecule has 0 radical (unpaired) electrons. The van der Waals surface area contributed by atoms with Crippen LogP contribution in [0.15, 0.2) is 24.3 Å². The molecular formula is C14H17N3O3. The minimum atomic E-state index is -0.539. The van der Waals surface area contributed by atoms with E-state index >= 15 is 0 Å². The lowest BCUT2D eigenvalue weighted by atomic mass is 10.1. The molecule has 0 bridgehead atoms. The van der Waals surface area contributed by atoms with Crippen LogP contribution in [0.1, 0.15) is 15.9 Å². The van der Waals surface area contributed by atoms with Crippen molar-refractivity contribution >= 4 is 11.8 Å². The van der Waals surface area contributed by atoms with E-state index in [-0.39, 0.29) is 25.7 Å². The number of ether oxygens (including phenoxy) is 1. The van der Waals surface area contributed by atoms with E-state index in [2.05, 4.69) is 17.2 Å². The van der Waals surface area contributed by atoms with Gasteiger partial charge in [-0.1, -0.05) is 17.9 Å². The molecule has 2 amide bonds. The van der Waals surface area contributed by atoms with E-state index in [9.17, 15) is 9.59 Å². The summed E-state index contributed by atoms with van der Waals surface area (Å²) in [4.78, 5) is 22.3. The second kappa shape index (κ2) is 8.69. The first kappa shape index (κ1) is 15.7. The predicted molar refractivity (Wildman–Crippen MR) is 74.7 cm³/mol. The lowest BCUT2D eigenvalue weighted by Crippen LogP contribution is -2.28. The molecule has 0 spiro atoms. The number of carbonyl (C=O) groups is 2. The Kier molecular flexibility index (Phi) is 6.82. The summed E-state index contributed by atoms with van der Waals surface area (Å²) in [5.74, 6) is 4.81. The highest BCUT2D eigenvalue weighted by atomic mass is 16.5. The van der Waals surface area contributed by atoms with Crippen LogP contribution in [0.4, 0.5) is 0 Å². The Morgan fingerprint density at radius 2 is 2.15 bits per heavy atom. The number of nitrogens with one attached hydrogen (secondary N) is 1. The Bertz CT molecular complexity index is 532. The van der Waals surface area contributed by atoms with Gasteiger partial charge in [-0.3, -0.25) is 9.59 Å². The van der Waals surface area contributed by atoms with E-state index in [4.69, 9.17) is 16.2 Å². The van der Waals surface area contributed by atoms with E-state index in [1.54, 1.807) is 24.3 Å². The molecule has 0 saturated heterocycles. The third-order valence-corrected chi connectivity index (χ3v) is 2.24. The van der Waals surface area contributed by atoms with Crippen molar-refractivity contribution in [3.8, 4) is 11.8 Å². The van der Waals surface area contributed by atoms with E-state index in [0.717, 1.165) is 5.56 Å². The van der Waals surface area contributed by atoms with Gasteiger partial charge in [0.1, 0.15) is 6.61 Å². The molecule has 0 saturated carbocycles. The van der Waals surface area contributed by atoms with Crippen LogP contribution in [-0.4, -0.2) is 38.1 Å². The zero-order valence-corrected chi connectivity index (χ0v) is 11.0. The molecule has 106 valence electrons. The van der Waals surface area contributed by atoms with Gasteiger partial charge in [-0.25, -0.2) is 0 Å². The Balaban J connectivity index is 2.45. The normalized spacial score (nSPS) is 9.45.